The molecule has 1 aliphatic rings. The Bertz CT molecular complexity index is 378. The van der Waals surface area contributed by atoms with Crippen LogP contribution in [0.15, 0.2) is 18.2 Å². The second-order valence-electron chi connectivity index (χ2n) is 4.55. The SMILES string of the molecule is CC(N)c1ccc(F)cc1OCOCC1CC1. The van der Waals surface area contributed by atoms with Gasteiger partial charge < -0.3 is 15.2 Å². The fourth-order valence-corrected chi connectivity index (χ4v) is 1.61. The van der Waals surface area contributed by atoms with E-state index in [1.54, 1.807) is 6.07 Å². The predicted octanol–water partition coefficient (Wildman–Crippen LogP) is 2.61. The van der Waals surface area contributed by atoms with Crippen molar-refractivity contribution in [2.45, 2.75) is 25.8 Å². The van der Waals surface area contributed by atoms with Gasteiger partial charge >= 0.3 is 0 Å². The lowest BCUT2D eigenvalue weighted by Gasteiger charge is -2.14. The van der Waals surface area contributed by atoms with Crippen LogP contribution in [0.25, 0.3) is 0 Å². The Morgan fingerprint density at radius 1 is 1.47 bits per heavy atom. The topological polar surface area (TPSA) is 44.5 Å². The van der Waals surface area contributed by atoms with E-state index in [-0.39, 0.29) is 18.7 Å². The monoisotopic (exact) mass is 239 g/mol. The number of hydrogen-bond donors (Lipinski definition) is 1. The Morgan fingerprint density at radius 2 is 2.24 bits per heavy atom. The fraction of sp³-hybridized carbons (Fsp3) is 0.538. The van der Waals surface area contributed by atoms with E-state index in [9.17, 15) is 4.39 Å². The van der Waals surface area contributed by atoms with Crippen LogP contribution in [0, 0.1) is 11.7 Å². The molecule has 0 heterocycles. The van der Waals surface area contributed by atoms with Crippen molar-refractivity contribution in [1.29, 1.82) is 0 Å². The lowest BCUT2D eigenvalue weighted by atomic mass is 10.1. The van der Waals surface area contributed by atoms with Crippen LogP contribution in [-0.2, 0) is 4.74 Å². The molecule has 1 fully saturated rings. The zero-order chi connectivity index (χ0) is 12.3. The van der Waals surface area contributed by atoms with Gasteiger partial charge in [-0.25, -0.2) is 4.39 Å². The zero-order valence-corrected chi connectivity index (χ0v) is 9.99. The van der Waals surface area contributed by atoms with E-state index in [2.05, 4.69) is 0 Å². The first-order valence-electron chi connectivity index (χ1n) is 5.92. The van der Waals surface area contributed by atoms with Crippen LogP contribution < -0.4 is 10.5 Å². The van der Waals surface area contributed by atoms with Gasteiger partial charge in [0.25, 0.3) is 0 Å². The highest BCUT2D eigenvalue weighted by Gasteiger charge is 2.21. The summed E-state index contributed by atoms with van der Waals surface area (Å²) in [4.78, 5) is 0. The molecule has 3 nitrogen and oxygen atoms in total. The van der Waals surface area contributed by atoms with Crippen LogP contribution in [-0.4, -0.2) is 13.4 Å². The quantitative estimate of drug-likeness (QED) is 0.613. The van der Waals surface area contributed by atoms with Crippen molar-refractivity contribution in [1.82, 2.24) is 0 Å². The second-order valence-corrected chi connectivity index (χ2v) is 4.55. The molecular weight excluding hydrogens is 221 g/mol. The van der Waals surface area contributed by atoms with Crippen LogP contribution in [0.1, 0.15) is 31.4 Å². The van der Waals surface area contributed by atoms with Crippen molar-refractivity contribution < 1.29 is 13.9 Å². The number of halogens is 1. The minimum atomic E-state index is -0.327. The molecular formula is C13H18FNO2. The highest BCUT2D eigenvalue weighted by Crippen LogP contribution is 2.29. The van der Waals surface area contributed by atoms with Crippen molar-refractivity contribution in [3.05, 3.63) is 29.6 Å². The molecule has 1 unspecified atom stereocenters. The van der Waals surface area contributed by atoms with E-state index < -0.39 is 0 Å². The maximum Gasteiger partial charge on any atom is 0.189 e. The Hall–Kier alpha value is -1.13. The van der Waals surface area contributed by atoms with Crippen molar-refractivity contribution in [3.63, 3.8) is 0 Å². The molecule has 17 heavy (non-hydrogen) atoms. The van der Waals surface area contributed by atoms with Crippen LogP contribution in [0.4, 0.5) is 4.39 Å². The molecule has 0 spiro atoms. The molecule has 0 saturated heterocycles. The van der Waals surface area contributed by atoms with Gasteiger partial charge in [0.1, 0.15) is 11.6 Å². The number of rotatable bonds is 6. The first kappa shape index (κ1) is 12.3. The van der Waals surface area contributed by atoms with E-state index in [0.29, 0.717) is 11.7 Å². The first-order chi connectivity index (χ1) is 8.16. The van der Waals surface area contributed by atoms with Gasteiger partial charge in [-0.1, -0.05) is 6.07 Å². The predicted molar refractivity (Wildman–Crippen MR) is 63.2 cm³/mol. The van der Waals surface area contributed by atoms with Crippen LogP contribution in [0.2, 0.25) is 0 Å². The Kier molecular flexibility index (Phi) is 3.97. The first-order valence-corrected chi connectivity index (χ1v) is 5.92. The highest BCUT2D eigenvalue weighted by atomic mass is 19.1. The third-order valence-electron chi connectivity index (χ3n) is 2.81. The summed E-state index contributed by atoms with van der Waals surface area (Å²) in [5.74, 6) is 0.835. The molecule has 1 aromatic rings. The number of ether oxygens (including phenoxy) is 2. The lowest BCUT2D eigenvalue weighted by molar-refractivity contribution is 0.00918. The van der Waals surface area contributed by atoms with Crippen molar-refractivity contribution in [3.8, 4) is 5.75 Å². The molecule has 94 valence electrons. The summed E-state index contributed by atoms with van der Waals surface area (Å²) in [5.41, 5.74) is 6.58. The summed E-state index contributed by atoms with van der Waals surface area (Å²) in [7, 11) is 0. The van der Waals surface area contributed by atoms with Gasteiger partial charge in [-0.3, -0.25) is 0 Å². The maximum absolute atomic E-state index is 13.1. The van der Waals surface area contributed by atoms with E-state index in [1.807, 2.05) is 6.92 Å². The molecule has 2 rings (SSSR count). The largest absolute Gasteiger partial charge is 0.467 e. The number of hydrogen-bond acceptors (Lipinski definition) is 3. The van der Waals surface area contributed by atoms with Crippen LogP contribution in [0.5, 0.6) is 5.75 Å². The normalized spacial score (nSPS) is 16.9. The molecule has 1 atom stereocenters. The zero-order valence-electron chi connectivity index (χ0n) is 9.99. The minimum Gasteiger partial charge on any atom is -0.467 e. The van der Waals surface area contributed by atoms with Crippen molar-refractivity contribution >= 4 is 0 Å². The third kappa shape index (κ3) is 3.68. The molecule has 0 radical (unpaired) electrons. The summed E-state index contributed by atoms with van der Waals surface area (Å²) in [6.45, 7) is 2.72. The molecule has 0 amide bonds. The molecule has 0 aliphatic heterocycles. The van der Waals surface area contributed by atoms with Crippen LogP contribution >= 0.6 is 0 Å². The van der Waals surface area contributed by atoms with Gasteiger partial charge in [-0.05, 0) is 31.7 Å². The average Bonchev–Trinajstić information content (AvgIpc) is 3.08. The second kappa shape index (κ2) is 5.47. The molecule has 1 aliphatic carbocycles. The average molecular weight is 239 g/mol. The lowest BCUT2D eigenvalue weighted by Crippen LogP contribution is -2.11. The van der Waals surface area contributed by atoms with Gasteiger partial charge in [0.15, 0.2) is 6.79 Å². The smallest absolute Gasteiger partial charge is 0.189 e. The molecule has 0 bridgehead atoms. The molecule has 2 N–H and O–H groups in total. The summed E-state index contributed by atoms with van der Waals surface area (Å²) >= 11 is 0. The van der Waals surface area contributed by atoms with E-state index in [0.717, 1.165) is 12.2 Å². The highest BCUT2D eigenvalue weighted by molar-refractivity contribution is 5.35. The van der Waals surface area contributed by atoms with Gasteiger partial charge in [0.05, 0.1) is 6.61 Å². The fourth-order valence-electron chi connectivity index (χ4n) is 1.61. The van der Waals surface area contributed by atoms with E-state index in [1.165, 1.54) is 25.0 Å². The van der Waals surface area contributed by atoms with Crippen molar-refractivity contribution in [2.75, 3.05) is 13.4 Å². The number of nitrogens with two attached hydrogens (primary N) is 1. The molecule has 1 saturated carbocycles. The van der Waals surface area contributed by atoms with E-state index >= 15 is 0 Å². The maximum atomic E-state index is 13.1. The standard InChI is InChI=1S/C13H18FNO2/c1-9(15)12-5-4-11(14)6-13(12)17-8-16-7-10-2-3-10/h4-6,9-10H,2-3,7-8,15H2,1H3. The summed E-state index contributed by atoms with van der Waals surface area (Å²) in [6, 6.07) is 4.19. The van der Waals surface area contributed by atoms with Gasteiger partial charge in [0.2, 0.25) is 0 Å². The van der Waals surface area contributed by atoms with Gasteiger partial charge in [-0.15, -0.1) is 0 Å². The summed E-state index contributed by atoms with van der Waals surface area (Å²) < 4.78 is 23.9. The van der Waals surface area contributed by atoms with Gasteiger partial charge in [-0.2, -0.15) is 0 Å². The molecule has 4 heteroatoms. The van der Waals surface area contributed by atoms with Crippen molar-refractivity contribution in [2.24, 2.45) is 11.7 Å². The summed E-state index contributed by atoms with van der Waals surface area (Å²) in [6.07, 6.45) is 2.48. The van der Waals surface area contributed by atoms with E-state index in [4.69, 9.17) is 15.2 Å². The Morgan fingerprint density at radius 3 is 2.88 bits per heavy atom. The Balaban J connectivity index is 1.89. The third-order valence-corrected chi connectivity index (χ3v) is 2.81. The number of benzene rings is 1. The molecule has 0 aromatic heterocycles. The molecule has 1 aromatic carbocycles. The Labute approximate surface area is 101 Å². The minimum absolute atomic E-state index is 0.152. The van der Waals surface area contributed by atoms with Gasteiger partial charge in [0, 0.05) is 17.7 Å². The summed E-state index contributed by atoms with van der Waals surface area (Å²) in [5, 5.41) is 0. The van der Waals surface area contributed by atoms with Crippen LogP contribution in [0.3, 0.4) is 0 Å².